The van der Waals surface area contributed by atoms with Gasteiger partial charge in [-0.15, -0.1) is 0 Å². The molecule has 0 radical (unpaired) electrons. The topological polar surface area (TPSA) is 79.3 Å². The summed E-state index contributed by atoms with van der Waals surface area (Å²) >= 11 is 0. The third-order valence-corrected chi connectivity index (χ3v) is 4.38. The van der Waals surface area contributed by atoms with Gasteiger partial charge in [-0.3, -0.25) is 4.98 Å². The summed E-state index contributed by atoms with van der Waals surface area (Å²) in [5, 5.41) is 8.95. The van der Waals surface area contributed by atoms with Crippen molar-refractivity contribution >= 4 is 10.0 Å². The van der Waals surface area contributed by atoms with Gasteiger partial charge in [-0.25, -0.2) is 13.1 Å². The van der Waals surface area contributed by atoms with Gasteiger partial charge in [-0.2, -0.15) is 0 Å². The van der Waals surface area contributed by atoms with E-state index in [0.717, 1.165) is 11.1 Å². The summed E-state index contributed by atoms with van der Waals surface area (Å²) in [6.07, 6.45) is 4.02. The van der Waals surface area contributed by atoms with Crippen LogP contribution in [0.4, 0.5) is 0 Å². The Labute approximate surface area is 124 Å². The molecule has 1 aromatic carbocycles. The lowest BCUT2D eigenvalue weighted by Crippen LogP contribution is -2.27. The molecule has 2 rings (SSSR count). The molecule has 0 aliphatic carbocycles. The Hall–Kier alpha value is -1.76. The normalized spacial score (nSPS) is 11.5. The highest BCUT2D eigenvalue weighted by Crippen LogP contribution is 2.08. The summed E-state index contributed by atoms with van der Waals surface area (Å²) < 4.78 is 26.5. The second-order valence-corrected chi connectivity index (χ2v) is 6.55. The number of aliphatic hydroxyl groups is 1. The number of hydrogen-bond donors (Lipinski definition) is 2. The molecule has 21 heavy (non-hydrogen) atoms. The Kier molecular flexibility index (Phi) is 5.44. The first-order chi connectivity index (χ1) is 10.1. The number of nitrogens with zero attached hydrogens (tertiary/aromatic N) is 1. The van der Waals surface area contributed by atoms with Gasteiger partial charge in [0.05, 0.1) is 12.4 Å². The van der Waals surface area contributed by atoms with Gasteiger partial charge in [0.25, 0.3) is 0 Å². The first-order valence-electron chi connectivity index (χ1n) is 6.64. The van der Waals surface area contributed by atoms with E-state index in [2.05, 4.69) is 9.71 Å². The number of aliphatic hydroxyl groups excluding tert-OH is 1. The van der Waals surface area contributed by atoms with Crippen LogP contribution in [0.3, 0.4) is 0 Å². The van der Waals surface area contributed by atoms with E-state index in [4.69, 9.17) is 5.11 Å². The average Bonchev–Trinajstić information content (AvgIpc) is 2.48. The summed E-state index contributed by atoms with van der Waals surface area (Å²) in [6, 6.07) is 10.6. The molecule has 0 atom stereocenters. The maximum Gasteiger partial charge on any atom is 0.215 e. The van der Waals surface area contributed by atoms with Crippen molar-refractivity contribution in [3.63, 3.8) is 0 Å². The van der Waals surface area contributed by atoms with Crippen molar-refractivity contribution in [1.29, 1.82) is 0 Å². The van der Waals surface area contributed by atoms with E-state index in [1.165, 1.54) is 0 Å². The van der Waals surface area contributed by atoms with Gasteiger partial charge < -0.3 is 5.11 Å². The zero-order valence-corrected chi connectivity index (χ0v) is 12.4. The van der Waals surface area contributed by atoms with Crippen LogP contribution in [0.25, 0.3) is 0 Å². The lowest BCUT2D eigenvalue weighted by molar-refractivity contribution is 0.282. The summed E-state index contributed by atoms with van der Waals surface area (Å²) in [7, 11) is -3.36. The van der Waals surface area contributed by atoms with Gasteiger partial charge in [0.15, 0.2) is 0 Å². The summed E-state index contributed by atoms with van der Waals surface area (Å²) in [4.78, 5) is 3.99. The van der Waals surface area contributed by atoms with Crippen LogP contribution in [-0.2, 0) is 28.8 Å². The lowest BCUT2D eigenvalue weighted by atomic mass is 10.2. The van der Waals surface area contributed by atoms with Crippen LogP contribution in [0.2, 0.25) is 0 Å². The highest BCUT2D eigenvalue weighted by Gasteiger charge is 2.10. The van der Waals surface area contributed by atoms with Crippen molar-refractivity contribution in [1.82, 2.24) is 9.71 Å². The fourth-order valence-corrected chi connectivity index (χ4v) is 3.05. The van der Waals surface area contributed by atoms with Gasteiger partial charge in [-0.05, 0) is 29.2 Å². The first kappa shape index (κ1) is 15.6. The fraction of sp³-hybridized carbons (Fsp3) is 0.267. The maximum absolute atomic E-state index is 12.0. The maximum atomic E-state index is 12.0. The van der Waals surface area contributed by atoms with E-state index >= 15 is 0 Å². The molecule has 5 nitrogen and oxygen atoms in total. The van der Waals surface area contributed by atoms with Crippen molar-refractivity contribution in [2.45, 2.75) is 18.8 Å². The standard InChI is InChI=1S/C15H18N2O3S/c18-11-14-3-5-15(6-4-14)12-21(19,20)17-9-7-13-2-1-8-16-10-13/h1-6,8,10,17-18H,7,9,11-12H2. The number of sulfonamides is 1. The van der Waals surface area contributed by atoms with E-state index in [9.17, 15) is 8.42 Å². The van der Waals surface area contributed by atoms with Crippen molar-refractivity contribution in [3.8, 4) is 0 Å². The van der Waals surface area contributed by atoms with E-state index in [1.807, 2.05) is 12.1 Å². The molecular weight excluding hydrogens is 288 g/mol. The molecular formula is C15H18N2O3S. The molecule has 0 saturated carbocycles. The molecule has 0 fully saturated rings. The quantitative estimate of drug-likeness (QED) is 0.806. The number of benzene rings is 1. The Morgan fingerprint density at radius 3 is 2.38 bits per heavy atom. The van der Waals surface area contributed by atoms with Gasteiger partial charge in [0, 0.05) is 18.9 Å². The number of pyridine rings is 1. The molecule has 6 heteroatoms. The minimum absolute atomic E-state index is 0.0452. The van der Waals surface area contributed by atoms with Gasteiger partial charge in [-0.1, -0.05) is 30.3 Å². The van der Waals surface area contributed by atoms with E-state index < -0.39 is 10.0 Å². The van der Waals surface area contributed by atoms with Gasteiger partial charge in [0.2, 0.25) is 10.0 Å². The van der Waals surface area contributed by atoms with Crippen LogP contribution in [0.1, 0.15) is 16.7 Å². The monoisotopic (exact) mass is 306 g/mol. The number of aromatic nitrogens is 1. The molecule has 0 bridgehead atoms. The summed E-state index contributed by atoms with van der Waals surface area (Å²) in [5.74, 6) is -0.0637. The SMILES string of the molecule is O=S(=O)(Cc1ccc(CO)cc1)NCCc1cccnc1. The minimum atomic E-state index is -3.36. The van der Waals surface area contributed by atoms with Gasteiger partial charge in [0.1, 0.15) is 0 Å². The smallest absolute Gasteiger partial charge is 0.215 e. The highest BCUT2D eigenvalue weighted by atomic mass is 32.2. The Morgan fingerprint density at radius 1 is 1.05 bits per heavy atom. The largest absolute Gasteiger partial charge is 0.392 e. The minimum Gasteiger partial charge on any atom is -0.392 e. The van der Waals surface area contributed by atoms with Crippen molar-refractivity contribution in [2.75, 3.05) is 6.54 Å². The second-order valence-electron chi connectivity index (χ2n) is 4.74. The molecule has 0 aliphatic heterocycles. The summed E-state index contributed by atoms with van der Waals surface area (Å²) in [6.45, 7) is 0.305. The van der Waals surface area contributed by atoms with Gasteiger partial charge >= 0.3 is 0 Å². The molecule has 0 saturated heterocycles. The molecule has 2 aromatic rings. The lowest BCUT2D eigenvalue weighted by Gasteiger charge is -2.07. The molecule has 1 aromatic heterocycles. The van der Waals surface area contributed by atoms with Crippen molar-refractivity contribution in [2.24, 2.45) is 0 Å². The van der Waals surface area contributed by atoms with E-state index in [1.54, 1.807) is 36.7 Å². The predicted octanol–water partition coefficient (Wildman–Crippen LogP) is 1.24. The van der Waals surface area contributed by atoms with Crippen molar-refractivity contribution in [3.05, 3.63) is 65.5 Å². The summed E-state index contributed by atoms with van der Waals surface area (Å²) in [5.41, 5.74) is 2.45. The zero-order chi connectivity index (χ0) is 15.1. The zero-order valence-electron chi connectivity index (χ0n) is 11.6. The van der Waals surface area contributed by atoms with Crippen molar-refractivity contribution < 1.29 is 13.5 Å². The second kappa shape index (κ2) is 7.31. The van der Waals surface area contributed by atoms with Crippen LogP contribution in [0, 0.1) is 0 Å². The van der Waals surface area contributed by atoms with Crippen LogP contribution >= 0.6 is 0 Å². The molecule has 1 heterocycles. The van der Waals surface area contributed by atoms with E-state index in [-0.39, 0.29) is 12.4 Å². The first-order valence-corrected chi connectivity index (χ1v) is 8.29. The number of nitrogens with one attached hydrogen (secondary N) is 1. The third-order valence-electron chi connectivity index (χ3n) is 3.02. The fourth-order valence-electron chi connectivity index (χ4n) is 1.91. The molecule has 0 unspecified atom stereocenters. The van der Waals surface area contributed by atoms with Crippen LogP contribution in [0.5, 0.6) is 0 Å². The Bertz CT molecular complexity index is 655. The van der Waals surface area contributed by atoms with Crippen LogP contribution in [-0.4, -0.2) is 25.1 Å². The number of hydrogen-bond acceptors (Lipinski definition) is 4. The molecule has 112 valence electrons. The molecule has 2 N–H and O–H groups in total. The molecule has 0 amide bonds. The Balaban J connectivity index is 1.86. The van der Waals surface area contributed by atoms with Crippen LogP contribution in [0.15, 0.2) is 48.8 Å². The average molecular weight is 306 g/mol. The number of rotatable bonds is 7. The Morgan fingerprint density at radius 2 is 1.76 bits per heavy atom. The third kappa shape index (κ3) is 5.26. The molecule has 0 spiro atoms. The molecule has 0 aliphatic rings. The predicted molar refractivity (Wildman–Crippen MR) is 80.9 cm³/mol. The highest BCUT2D eigenvalue weighted by molar-refractivity contribution is 7.88. The van der Waals surface area contributed by atoms with E-state index in [0.29, 0.717) is 18.5 Å². The van der Waals surface area contributed by atoms with Crippen LogP contribution < -0.4 is 4.72 Å².